The third-order valence-electron chi connectivity index (χ3n) is 11.3. The van der Waals surface area contributed by atoms with Crippen molar-refractivity contribution in [2.24, 2.45) is 11.8 Å². The van der Waals surface area contributed by atoms with Gasteiger partial charge in [-0.05, 0) is 89.7 Å². The maximum atomic E-state index is 15.3. The second kappa shape index (κ2) is 14.9. The van der Waals surface area contributed by atoms with E-state index in [0.717, 1.165) is 35.4 Å². The number of benzene rings is 5. The van der Waals surface area contributed by atoms with Gasteiger partial charge < -0.3 is 19.5 Å². The molecule has 0 unspecified atom stereocenters. The van der Waals surface area contributed by atoms with Gasteiger partial charge in [-0.3, -0.25) is 24.2 Å². The number of aliphatic hydroxyl groups is 1. The Labute approximate surface area is 316 Å². The lowest BCUT2D eigenvalue weighted by atomic mass is 9.63. The summed E-state index contributed by atoms with van der Waals surface area (Å²) in [5.74, 6) is 0.0370. The number of hydrogen-bond donors (Lipinski definition) is 1. The molecule has 0 radical (unpaired) electrons. The van der Waals surface area contributed by atoms with E-state index in [-0.39, 0.29) is 30.9 Å². The summed E-state index contributed by atoms with van der Waals surface area (Å²) >= 11 is 0. The first-order valence-corrected chi connectivity index (χ1v) is 18.3. The molecule has 54 heavy (non-hydrogen) atoms. The molecule has 1 saturated heterocycles. The number of para-hydroxylation sites is 2. The third-order valence-corrected chi connectivity index (χ3v) is 11.3. The molecule has 1 spiro atoms. The quantitative estimate of drug-likeness (QED) is 0.124. The number of carbonyl (C=O) groups is 3. The van der Waals surface area contributed by atoms with Crippen molar-refractivity contribution in [2.75, 3.05) is 28.4 Å². The largest absolute Gasteiger partial charge is 0.497 e. The number of rotatable bonds is 13. The highest BCUT2D eigenvalue weighted by molar-refractivity contribution is 6.08. The first-order chi connectivity index (χ1) is 26.2. The van der Waals surface area contributed by atoms with Crippen molar-refractivity contribution in [3.05, 3.63) is 144 Å². The predicted molar refractivity (Wildman–Crippen MR) is 210 cm³/mol. The van der Waals surface area contributed by atoms with Crippen molar-refractivity contribution in [3.8, 4) is 5.75 Å². The Kier molecular flexibility index (Phi) is 10.1. The van der Waals surface area contributed by atoms with Crippen LogP contribution >= 0.6 is 0 Å². The molecule has 4 atom stereocenters. The van der Waals surface area contributed by atoms with E-state index < -0.39 is 17.1 Å². The zero-order chi connectivity index (χ0) is 38.0. The van der Waals surface area contributed by atoms with Gasteiger partial charge in [-0.2, -0.15) is 0 Å². The number of methoxy groups -OCH3 is 1. The molecule has 9 heteroatoms. The zero-order valence-electron chi connectivity index (χ0n) is 31.0. The molecule has 1 fully saturated rings. The zero-order valence-corrected chi connectivity index (χ0v) is 31.0. The number of anilines is 5. The van der Waals surface area contributed by atoms with Crippen molar-refractivity contribution in [1.29, 1.82) is 0 Å². The van der Waals surface area contributed by atoms with Crippen LogP contribution < -0.4 is 19.4 Å². The minimum absolute atomic E-state index is 0.104. The van der Waals surface area contributed by atoms with Gasteiger partial charge in [0.1, 0.15) is 5.75 Å². The van der Waals surface area contributed by atoms with Crippen LogP contribution in [0, 0.1) is 11.8 Å². The molecule has 0 saturated carbocycles. The van der Waals surface area contributed by atoms with Crippen molar-refractivity contribution in [3.63, 3.8) is 0 Å². The van der Waals surface area contributed by atoms with E-state index in [0.29, 0.717) is 34.7 Å². The third kappa shape index (κ3) is 6.23. The standard InChI is InChI=1S/C45H45N3O6/c1-31-42(44(2,3)33-17-22-38(53-4)23-18-33)41(25-26-49)54-45(31)39-27-37(48(30-51)35-13-9-6-10-14-35)21-24-40(39)46(43(45)52)28-32-15-19-36(20-16-32)47(29-50)34-11-7-5-8-12-34/h5-24,27,29-31,41-42,49H,25-26,28H2,1-4H3/t31-,41+,42-,45+/m1/s1. The van der Waals surface area contributed by atoms with Crippen LogP contribution in [-0.2, 0) is 36.7 Å². The Bertz CT molecular complexity index is 2110. The van der Waals surface area contributed by atoms with Crippen molar-refractivity contribution in [2.45, 2.75) is 50.9 Å². The number of nitrogens with zero attached hydrogens (tertiary/aromatic N) is 3. The fourth-order valence-electron chi connectivity index (χ4n) is 8.67. The Hall–Kier alpha value is -5.77. The van der Waals surface area contributed by atoms with Gasteiger partial charge in [0, 0.05) is 46.8 Å². The molecule has 1 N–H and O–H groups in total. The lowest BCUT2D eigenvalue weighted by molar-refractivity contribution is -0.146. The molecule has 0 aromatic heterocycles. The Morgan fingerprint density at radius 2 is 1.35 bits per heavy atom. The van der Waals surface area contributed by atoms with E-state index in [9.17, 15) is 14.7 Å². The van der Waals surface area contributed by atoms with E-state index in [1.165, 1.54) is 0 Å². The number of hydrogen-bond acceptors (Lipinski definition) is 6. The summed E-state index contributed by atoms with van der Waals surface area (Å²) in [7, 11) is 1.64. The van der Waals surface area contributed by atoms with Gasteiger partial charge in [-0.15, -0.1) is 0 Å². The number of fused-ring (bicyclic) bond motifs is 2. The Morgan fingerprint density at radius 1 is 0.796 bits per heavy atom. The smallest absolute Gasteiger partial charge is 0.264 e. The molecule has 5 aromatic rings. The molecule has 7 rings (SSSR count). The van der Waals surface area contributed by atoms with Crippen molar-refractivity contribution < 1.29 is 29.0 Å². The second-order valence-corrected chi connectivity index (χ2v) is 14.6. The summed E-state index contributed by atoms with van der Waals surface area (Å²) in [5.41, 5.74) is 4.19. The molecule has 2 heterocycles. The fourth-order valence-corrected chi connectivity index (χ4v) is 8.67. The van der Waals surface area contributed by atoms with Gasteiger partial charge in [0.25, 0.3) is 5.91 Å². The van der Waals surface area contributed by atoms with Crippen LogP contribution in [0.3, 0.4) is 0 Å². The number of carbonyl (C=O) groups excluding carboxylic acids is 3. The molecular formula is C45H45N3O6. The van der Waals surface area contributed by atoms with Crippen LogP contribution in [0.25, 0.3) is 0 Å². The first kappa shape index (κ1) is 36.6. The van der Waals surface area contributed by atoms with Gasteiger partial charge in [-0.25, -0.2) is 0 Å². The SMILES string of the molecule is COc1ccc(C(C)(C)[C@H]2[C@H](CCO)O[C@@]3(C(=O)N(Cc4ccc(N(C=O)c5ccccc5)cc4)c4ccc(N(C=O)c5ccccc5)cc43)[C@@H]2C)cc1. The van der Waals surface area contributed by atoms with Crippen LogP contribution in [0.15, 0.2) is 127 Å². The van der Waals surface area contributed by atoms with Crippen LogP contribution in [-0.4, -0.2) is 43.7 Å². The van der Waals surface area contributed by atoms with E-state index >= 15 is 4.79 Å². The average Bonchev–Trinajstić information content (AvgIpc) is 3.63. The molecule has 276 valence electrons. The number of aliphatic hydroxyl groups excluding tert-OH is 1. The molecule has 2 aliphatic heterocycles. The average molecular weight is 724 g/mol. The monoisotopic (exact) mass is 723 g/mol. The minimum atomic E-state index is -1.40. The first-order valence-electron chi connectivity index (χ1n) is 18.3. The summed E-state index contributed by atoms with van der Waals surface area (Å²) in [6, 6.07) is 40.0. The van der Waals surface area contributed by atoms with Crippen molar-refractivity contribution in [1.82, 2.24) is 0 Å². The van der Waals surface area contributed by atoms with Gasteiger partial charge in [0.2, 0.25) is 12.8 Å². The lowest BCUT2D eigenvalue weighted by Crippen LogP contribution is -2.45. The summed E-state index contributed by atoms with van der Waals surface area (Å²) in [4.78, 5) is 44.9. The Balaban J connectivity index is 1.31. The minimum Gasteiger partial charge on any atom is -0.497 e. The highest BCUT2D eigenvalue weighted by atomic mass is 16.5. The maximum Gasteiger partial charge on any atom is 0.264 e. The molecule has 2 aliphatic rings. The van der Waals surface area contributed by atoms with Crippen LogP contribution in [0.4, 0.5) is 28.4 Å². The molecular weight excluding hydrogens is 679 g/mol. The maximum absolute atomic E-state index is 15.3. The summed E-state index contributed by atoms with van der Waals surface area (Å²) < 4.78 is 12.5. The summed E-state index contributed by atoms with van der Waals surface area (Å²) in [5, 5.41) is 10.3. The van der Waals surface area contributed by atoms with Crippen LogP contribution in [0.5, 0.6) is 5.75 Å². The van der Waals surface area contributed by atoms with Crippen molar-refractivity contribution >= 4 is 47.2 Å². The van der Waals surface area contributed by atoms with Crippen LogP contribution in [0.2, 0.25) is 0 Å². The molecule has 0 bridgehead atoms. The molecule has 5 aromatic carbocycles. The molecule has 3 amide bonds. The fraction of sp³-hybridized carbons (Fsp3) is 0.267. The van der Waals surface area contributed by atoms with E-state index in [2.05, 4.69) is 32.9 Å². The topological polar surface area (TPSA) is 99.6 Å². The number of ether oxygens (including phenoxy) is 2. The van der Waals surface area contributed by atoms with Gasteiger partial charge >= 0.3 is 0 Å². The van der Waals surface area contributed by atoms with Gasteiger partial charge in [0.15, 0.2) is 5.60 Å². The number of amides is 3. The highest BCUT2D eigenvalue weighted by Crippen LogP contribution is 2.60. The van der Waals surface area contributed by atoms with Crippen LogP contribution in [0.1, 0.15) is 43.9 Å². The second-order valence-electron chi connectivity index (χ2n) is 14.6. The highest BCUT2D eigenvalue weighted by Gasteiger charge is 2.66. The molecule has 9 nitrogen and oxygen atoms in total. The van der Waals surface area contributed by atoms with E-state index in [1.54, 1.807) is 21.8 Å². The van der Waals surface area contributed by atoms with Gasteiger partial charge in [0.05, 0.1) is 25.4 Å². The normalized spacial score (nSPS) is 20.5. The summed E-state index contributed by atoms with van der Waals surface area (Å²) in [6.45, 7) is 6.56. The lowest BCUT2D eigenvalue weighted by Gasteiger charge is -2.38. The predicted octanol–water partition coefficient (Wildman–Crippen LogP) is 8.04. The molecule has 0 aliphatic carbocycles. The summed E-state index contributed by atoms with van der Waals surface area (Å²) in [6.07, 6.45) is 1.46. The Morgan fingerprint density at radius 3 is 1.91 bits per heavy atom. The van der Waals surface area contributed by atoms with E-state index in [4.69, 9.17) is 9.47 Å². The van der Waals surface area contributed by atoms with Gasteiger partial charge in [-0.1, -0.05) is 81.4 Å². The van der Waals surface area contributed by atoms with E-state index in [1.807, 2.05) is 115 Å².